The Morgan fingerprint density at radius 2 is 1.77 bits per heavy atom. The molecule has 1 fully saturated rings. The first-order valence-corrected chi connectivity index (χ1v) is 10.5. The van der Waals surface area contributed by atoms with E-state index in [-0.39, 0.29) is 5.91 Å². The molecule has 0 saturated carbocycles. The number of para-hydroxylation sites is 1. The number of nitrogens with zero attached hydrogens (tertiary/aromatic N) is 4. The van der Waals surface area contributed by atoms with E-state index in [9.17, 15) is 4.79 Å². The third-order valence-corrected chi connectivity index (χ3v) is 5.65. The molecule has 2 heterocycles. The van der Waals surface area contributed by atoms with Crippen LogP contribution in [0, 0.1) is 0 Å². The second kappa shape index (κ2) is 9.09. The molecule has 0 N–H and O–H groups in total. The second-order valence-electron chi connectivity index (χ2n) is 7.96. The minimum absolute atomic E-state index is 0.0630. The van der Waals surface area contributed by atoms with Crippen molar-refractivity contribution in [2.75, 3.05) is 27.2 Å². The number of piperidine rings is 1. The van der Waals surface area contributed by atoms with Gasteiger partial charge < -0.3 is 9.80 Å². The molecule has 1 atom stereocenters. The van der Waals surface area contributed by atoms with Crippen molar-refractivity contribution >= 4 is 12.0 Å². The molecule has 3 aromatic rings. The number of benzene rings is 2. The number of hydrogen-bond acceptors (Lipinski definition) is 3. The molecular formula is C25H28N4O. The first-order chi connectivity index (χ1) is 14.6. The lowest BCUT2D eigenvalue weighted by Crippen LogP contribution is -2.47. The van der Waals surface area contributed by atoms with Gasteiger partial charge in [0.1, 0.15) is 0 Å². The number of aromatic nitrogens is 2. The van der Waals surface area contributed by atoms with Gasteiger partial charge in [-0.05, 0) is 45.1 Å². The third-order valence-electron chi connectivity index (χ3n) is 5.65. The smallest absolute Gasteiger partial charge is 0.246 e. The molecule has 30 heavy (non-hydrogen) atoms. The maximum atomic E-state index is 12.9. The summed E-state index contributed by atoms with van der Waals surface area (Å²) in [6.07, 6.45) is 7.76. The Balaban J connectivity index is 1.61. The van der Waals surface area contributed by atoms with Crippen LogP contribution in [-0.2, 0) is 4.79 Å². The van der Waals surface area contributed by atoms with E-state index in [1.807, 2.05) is 82.5 Å². The van der Waals surface area contributed by atoms with Crippen LogP contribution in [-0.4, -0.2) is 58.7 Å². The van der Waals surface area contributed by atoms with Gasteiger partial charge in [-0.15, -0.1) is 0 Å². The summed E-state index contributed by atoms with van der Waals surface area (Å²) in [5, 5.41) is 4.81. The highest BCUT2D eigenvalue weighted by molar-refractivity contribution is 5.93. The molecule has 2 aromatic carbocycles. The van der Waals surface area contributed by atoms with Crippen molar-refractivity contribution in [2.45, 2.75) is 18.9 Å². The molecule has 4 rings (SSSR count). The highest BCUT2D eigenvalue weighted by Crippen LogP contribution is 2.25. The van der Waals surface area contributed by atoms with Crippen molar-refractivity contribution in [3.63, 3.8) is 0 Å². The van der Waals surface area contributed by atoms with Crippen LogP contribution >= 0.6 is 0 Å². The van der Waals surface area contributed by atoms with Crippen molar-refractivity contribution < 1.29 is 4.79 Å². The van der Waals surface area contributed by atoms with Crippen molar-refractivity contribution in [1.29, 1.82) is 0 Å². The number of likely N-dealkylation sites (tertiary alicyclic amines) is 1. The van der Waals surface area contributed by atoms with Gasteiger partial charge in [0.25, 0.3) is 0 Å². The van der Waals surface area contributed by atoms with Gasteiger partial charge in [-0.25, -0.2) is 4.68 Å². The predicted octanol–water partition coefficient (Wildman–Crippen LogP) is 4.11. The van der Waals surface area contributed by atoms with Crippen molar-refractivity contribution in [1.82, 2.24) is 19.6 Å². The van der Waals surface area contributed by atoms with Crippen LogP contribution in [0.4, 0.5) is 0 Å². The van der Waals surface area contributed by atoms with Gasteiger partial charge >= 0.3 is 0 Å². The van der Waals surface area contributed by atoms with E-state index >= 15 is 0 Å². The van der Waals surface area contributed by atoms with Gasteiger partial charge in [0.05, 0.1) is 11.4 Å². The highest BCUT2D eigenvalue weighted by atomic mass is 16.2. The number of amides is 1. The molecule has 0 radical (unpaired) electrons. The summed E-state index contributed by atoms with van der Waals surface area (Å²) >= 11 is 0. The average Bonchev–Trinajstić information content (AvgIpc) is 3.23. The number of carbonyl (C=O) groups excluding carboxylic acids is 1. The minimum atomic E-state index is 0.0630. The normalized spacial score (nSPS) is 17.0. The van der Waals surface area contributed by atoms with Crippen LogP contribution in [0.15, 0.2) is 72.9 Å². The molecule has 0 bridgehead atoms. The molecule has 0 aliphatic carbocycles. The van der Waals surface area contributed by atoms with Crippen LogP contribution in [0.25, 0.3) is 23.0 Å². The maximum Gasteiger partial charge on any atom is 0.246 e. The van der Waals surface area contributed by atoms with Gasteiger partial charge in [-0.2, -0.15) is 5.10 Å². The third kappa shape index (κ3) is 4.52. The van der Waals surface area contributed by atoms with E-state index in [2.05, 4.69) is 19.0 Å². The Bertz CT molecular complexity index is 1010. The highest BCUT2D eigenvalue weighted by Gasteiger charge is 2.23. The molecule has 1 amide bonds. The van der Waals surface area contributed by atoms with Crippen LogP contribution in [0.5, 0.6) is 0 Å². The zero-order valence-electron chi connectivity index (χ0n) is 17.6. The number of likely N-dealkylation sites (N-methyl/N-ethyl adjacent to an activating group) is 1. The Hall–Kier alpha value is -3.18. The fraction of sp³-hybridized carbons (Fsp3) is 0.280. The summed E-state index contributed by atoms with van der Waals surface area (Å²) in [4.78, 5) is 17.0. The van der Waals surface area contributed by atoms with E-state index < -0.39 is 0 Å². The first-order valence-electron chi connectivity index (χ1n) is 10.5. The standard InChI is InChI=1S/C25H28N4O/c1-27(2)23-14-9-17-28(19-23)24(30)16-15-21-18-29(22-12-7-4-8-13-22)26-25(21)20-10-5-3-6-11-20/h3-8,10-13,15-16,18,23H,9,14,17,19H2,1-2H3/b16-15+. The minimum Gasteiger partial charge on any atom is -0.338 e. The van der Waals surface area contributed by atoms with Gasteiger partial charge in [0.2, 0.25) is 5.91 Å². The second-order valence-corrected chi connectivity index (χ2v) is 7.96. The molecule has 1 aliphatic heterocycles. The summed E-state index contributed by atoms with van der Waals surface area (Å²) in [6, 6.07) is 20.5. The van der Waals surface area contributed by atoms with E-state index in [1.165, 1.54) is 0 Å². The zero-order valence-corrected chi connectivity index (χ0v) is 17.6. The van der Waals surface area contributed by atoms with E-state index in [0.717, 1.165) is 48.4 Å². The summed E-state index contributed by atoms with van der Waals surface area (Å²) in [7, 11) is 4.16. The summed E-state index contributed by atoms with van der Waals surface area (Å²) in [6.45, 7) is 1.60. The average molecular weight is 401 g/mol. The summed E-state index contributed by atoms with van der Waals surface area (Å²) < 4.78 is 1.87. The number of rotatable bonds is 5. The lowest BCUT2D eigenvalue weighted by molar-refractivity contribution is -0.127. The van der Waals surface area contributed by atoms with E-state index in [4.69, 9.17) is 5.10 Å². The number of hydrogen-bond donors (Lipinski definition) is 0. The zero-order chi connectivity index (χ0) is 20.9. The fourth-order valence-electron chi connectivity index (χ4n) is 3.89. The maximum absolute atomic E-state index is 12.9. The van der Waals surface area contributed by atoms with Crippen LogP contribution in [0.3, 0.4) is 0 Å². The van der Waals surface area contributed by atoms with Crippen LogP contribution in [0.1, 0.15) is 18.4 Å². The van der Waals surface area contributed by atoms with Crippen molar-refractivity contribution in [3.05, 3.63) is 78.5 Å². The molecular weight excluding hydrogens is 372 g/mol. The van der Waals surface area contributed by atoms with Gasteiger partial charge in [0, 0.05) is 42.5 Å². The van der Waals surface area contributed by atoms with Gasteiger partial charge in [-0.1, -0.05) is 48.5 Å². The Morgan fingerprint density at radius 3 is 2.47 bits per heavy atom. The Kier molecular flexibility index (Phi) is 6.10. The lowest BCUT2D eigenvalue weighted by atomic mass is 10.0. The molecule has 1 saturated heterocycles. The molecule has 5 nitrogen and oxygen atoms in total. The van der Waals surface area contributed by atoms with Crippen LogP contribution in [0.2, 0.25) is 0 Å². The van der Waals surface area contributed by atoms with Crippen LogP contribution < -0.4 is 0 Å². The van der Waals surface area contributed by atoms with Crippen molar-refractivity contribution in [2.24, 2.45) is 0 Å². The molecule has 154 valence electrons. The molecule has 1 aromatic heterocycles. The van der Waals surface area contributed by atoms with Gasteiger partial charge in [-0.3, -0.25) is 4.79 Å². The SMILES string of the molecule is CN(C)C1CCCN(C(=O)/C=C/c2cn(-c3ccccc3)nc2-c2ccccc2)C1. The lowest BCUT2D eigenvalue weighted by Gasteiger charge is -2.35. The van der Waals surface area contributed by atoms with Crippen molar-refractivity contribution in [3.8, 4) is 16.9 Å². The Labute approximate surface area is 178 Å². The largest absolute Gasteiger partial charge is 0.338 e. The first kappa shape index (κ1) is 20.1. The Morgan fingerprint density at radius 1 is 1.07 bits per heavy atom. The topological polar surface area (TPSA) is 41.4 Å². The molecule has 5 heteroatoms. The predicted molar refractivity (Wildman–Crippen MR) is 121 cm³/mol. The quantitative estimate of drug-likeness (QED) is 0.606. The van der Waals surface area contributed by atoms with Gasteiger partial charge in [0.15, 0.2) is 0 Å². The van der Waals surface area contributed by atoms with E-state index in [0.29, 0.717) is 6.04 Å². The fourth-order valence-corrected chi connectivity index (χ4v) is 3.89. The molecule has 1 aliphatic rings. The van der Waals surface area contributed by atoms with E-state index in [1.54, 1.807) is 6.08 Å². The summed E-state index contributed by atoms with van der Waals surface area (Å²) in [5.74, 6) is 0.0630. The molecule has 0 spiro atoms. The monoisotopic (exact) mass is 400 g/mol. The number of carbonyl (C=O) groups is 1. The molecule has 1 unspecified atom stereocenters. The summed E-state index contributed by atoms with van der Waals surface area (Å²) in [5.41, 5.74) is 3.82.